The summed E-state index contributed by atoms with van der Waals surface area (Å²) >= 11 is 0.961. The molecule has 0 saturated heterocycles. The molecule has 0 spiro atoms. The maximum Gasteiger partial charge on any atom is 0.417 e. The first kappa shape index (κ1) is 22.4. The molecule has 10 heteroatoms. The van der Waals surface area contributed by atoms with E-state index in [1.54, 1.807) is 0 Å². The number of benzene rings is 2. The van der Waals surface area contributed by atoms with Gasteiger partial charge in [0.2, 0.25) is 5.88 Å². The molecule has 0 aliphatic rings. The quantitative estimate of drug-likeness (QED) is 0.204. The number of hydrogen-bond donors (Lipinski definition) is 2. The first-order valence-electron chi connectivity index (χ1n) is 8.75. The molecule has 1 aromatic heterocycles. The van der Waals surface area contributed by atoms with Gasteiger partial charge < -0.3 is 10.8 Å². The highest BCUT2D eigenvalue weighted by atomic mass is 32.2. The van der Waals surface area contributed by atoms with Crippen molar-refractivity contribution in [2.45, 2.75) is 11.1 Å². The molecule has 3 rings (SSSR count). The van der Waals surface area contributed by atoms with Crippen molar-refractivity contribution < 1.29 is 27.1 Å². The fourth-order valence-electron chi connectivity index (χ4n) is 2.72. The van der Waals surface area contributed by atoms with E-state index in [1.807, 2.05) is 0 Å². The van der Waals surface area contributed by atoms with E-state index in [0.29, 0.717) is 5.57 Å². The van der Waals surface area contributed by atoms with E-state index in [4.69, 9.17) is 5.73 Å². The minimum Gasteiger partial charge on any atom is -0.493 e. The van der Waals surface area contributed by atoms with Crippen molar-refractivity contribution in [3.8, 4) is 11.3 Å². The average molecular weight is 453 g/mol. The molecule has 0 radical (unpaired) electrons. The molecule has 0 amide bonds. The molecular formula is C21H16F5N3OS. The predicted molar refractivity (Wildman–Crippen MR) is 110 cm³/mol. The highest BCUT2D eigenvalue weighted by Crippen LogP contribution is 2.37. The molecule has 2 aromatic carbocycles. The zero-order chi connectivity index (χ0) is 22.8. The Labute approximate surface area is 178 Å². The smallest absolute Gasteiger partial charge is 0.417 e. The Bertz CT molecular complexity index is 1150. The largest absolute Gasteiger partial charge is 0.493 e. The van der Waals surface area contributed by atoms with E-state index >= 15 is 0 Å². The van der Waals surface area contributed by atoms with E-state index in [-0.39, 0.29) is 27.7 Å². The fourth-order valence-corrected chi connectivity index (χ4v) is 3.54. The summed E-state index contributed by atoms with van der Waals surface area (Å²) in [5.41, 5.74) is 4.97. The summed E-state index contributed by atoms with van der Waals surface area (Å²) in [6.45, 7) is 3.72. The monoisotopic (exact) mass is 453 g/mol. The lowest BCUT2D eigenvalue weighted by Gasteiger charge is -2.10. The fraction of sp³-hybridized carbons (Fsp3) is 0.0952. The van der Waals surface area contributed by atoms with Crippen LogP contribution in [0, 0.1) is 11.6 Å². The minimum atomic E-state index is -4.59. The molecular weight excluding hydrogens is 437 g/mol. The molecule has 31 heavy (non-hydrogen) atoms. The van der Waals surface area contributed by atoms with Crippen LogP contribution in [0.15, 0.2) is 71.7 Å². The number of hydrogen-bond acceptors (Lipinski definition) is 4. The van der Waals surface area contributed by atoms with E-state index in [2.05, 4.69) is 11.7 Å². The zero-order valence-electron chi connectivity index (χ0n) is 15.8. The molecule has 0 saturated carbocycles. The first-order chi connectivity index (χ1) is 14.6. The Balaban J connectivity index is 1.81. The van der Waals surface area contributed by atoms with E-state index in [9.17, 15) is 27.1 Å². The van der Waals surface area contributed by atoms with Gasteiger partial charge in [-0.3, -0.25) is 0 Å². The maximum atomic E-state index is 13.7. The van der Waals surface area contributed by atoms with Crippen molar-refractivity contribution in [2.24, 2.45) is 0 Å². The molecule has 0 bridgehead atoms. The summed E-state index contributed by atoms with van der Waals surface area (Å²) in [7, 11) is 0. The Morgan fingerprint density at radius 1 is 1.16 bits per heavy atom. The summed E-state index contributed by atoms with van der Waals surface area (Å²) in [6.07, 6.45) is -3.41. The third kappa shape index (κ3) is 5.08. The Morgan fingerprint density at radius 3 is 2.58 bits per heavy atom. The van der Waals surface area contributed by atoms with Gasteiger partial charge in [0.1, 0.15) is 5.82 Å². The van der Waals surface area contributed by atoms with Gasteiger partial charge in [0, 0.05) is 28.4 Å². The van der Waals surface area contributed by atoms with Crippen molar-refractivity contribution in [1.29, 1.82) is 0 Å². The molecule has 0 aliphatic heterocycles. The number of alkyl halides is 3. The van der Waals surface area contributed by atoms with Gasteiger partial charge in [-0.1, -0.05) is 30.8 Å². The number of aliphatic hydroxyl groups excluding tert-OH is 1. The third-order valence-corrected chi connectivity index (χ3v) is 5.27. The van der Waals surface area contributed by atoms with Gasteiger partial charge in [-0.25, -0.2) is 8.78 Å². The number of aromatic nitrogens is 2. The van der Waals surface area contributed by atoms with Crippen LogP contribution in [-0.2, 0) is 6.18 Å². The second-order valence-corrected chi connectivity index (χ2v) is 7.43. The molecule has 0 aliphatic carbocycles. The highest BCUT2D eigenvalue weighted by Gasteiger charge is 2.34. The summed E-state index contributed by atoms with van der Waals surface area (Å²) in [4.78, 5) is 0.0682. The first-order valence-corrected chi connectivity index (χ1v) is 9.74. The number of nitrogens with two attached hydrogens (primary N) is 1. The van der Waals surface area contributed by atoms with Crippen LogP contribution in [0.1, 0.15) is 5.56 Å². The number of thioether (sulfide) groups is 1. The SMILES string of the molecule is C=C(/C=C(/O)n1nc(-c2ccccc2C(F)(F)F)cc1N)CSc1cccc(F)c1F. The topological polar surface area (TPSA) is 64.1 Å². The number of anilines is 1. The van der Waals surface area contributed by atoms with E-state index < -0.39 is 29.3 Å². The van der Waals surface area contributed by atoms with Crippen LogP contribution in [0.25, 0.3) is 17.1 Å². The molecule has 0 atom stereocenters. The van der Waals surface area contributed by atoms with Crippen molar-refractivity contribution in [1.82, 2.24) is 9.78 Å². The van der Waals surface area contributed by atoms with Crippen molar-refractivity contribution in [3.63, 3.8) is 0 Å². The van der Waals surface area contributed by atoms with Crippen LogP contribution in [0.2, 0.25) is 0 Å². The molecule has 1 heterocycles. The summed E-state index contributed by atoms with van der Waals surface area (Å²) < 4.78 is 67.6. The van der Waals surface area contributed by atoms with Crippen LogP contribution < -0.4 is 5.73 Å². The van der Waals surface area contributed by atoms with Gasteiger partial charge in [0.25, 0.3) is 0 Å². The summed E-state index contributed by atoms with van der Waals surface area (Å²) in [5, 5.41) is 14.3. The summed E-state index contributed by atoms with van der Waals surface area (Å²) in [6, 6.07) is 9.82. The zero-order valence-corrected chi connectivity index (χ0v) is 16.6. The lowest BCUT2D eigenvalue weighted by Crippen LogP contribution is -2.07. The Morgan fingerprint density at radius 2 is 1.87 bits per heavy atom. The van der Waals surface area contributed by atoms with Crippen molar-refractivity contribution in [2.75, 3.05) is 11.5 Å². The van der Waals surface area contributed by atoms with E-state index in [1.165, 1.54) is 42.5 Å². The van der Waals surface area contributed by atoms with Crippen LogP contribution in [0.5, 0.6) is 0 Å². The number of aliphatic hydroxyl groups is 1. The van der Waals surface area contributed by atoms with Gasteiger partial charge >= 0.3 is 6.18 Å². The number of nitrogens with zero attached hydrogens (tertiary/aromatic N) is 2. The maximum absolute atomic E-state index is 13.7. The molecule has 0 fully saturated rings. The standard InChI is InChI=1S/C21H16F5N3OS/c1-12(11-31-17-8-4-7-15(22)20(17)23)9-19(30)29-18(27)10-16(28-29)13-5-2-3-6-14(13)21(24,25)26/h2-10,30H,1,11,27H2/b19-9+. The minimum absolute atomic E-state index is 0.0682. The van der Waals surface area contributed by atoms with Gasteiger partial charge in [-0.15, -0.1) is 11.8 Å². The van der Waals surface area contributed by atoms with Gasteiger partial charge in [-0.05, 0) is 23.8 Å². The summed E-state index contributed by atoms with van der Waals surface area (Å²) in [5.74, 6) is -2.45. The molecule has 3 aromatic rings. The Kier molecular flexibility index (Phi) is 6.40. The lowest BCUT2D eigenvalue weighted by molar-refractivity contribution is -0.137. The predicted octanol–water partition coefficient (Wildman–Crippen LogP) is 6.13. The Hall–Kier alpha value is -3.27. The van der Waals surface area contributed by atoms with Crippen molar-refractivity contribution in [3.05, 3.63) is 84.0 Å². The van der Waals surface area contributed by atoms with Crippen LogP contribution in [-0.4, -0.2) is 20.6 Å². The third-order valence-electron chi connectivity index (χ3n) is 4.12. The van der Waals surface area contributed by atoms with Gasteiger partial charge in [0.15, 0.2) is 11.6 Å². The van der Waals surface area contributed by atoms with Crippen LogP contribution >= 0.6 is 11.8 Å². The second-order valence-electron chi connectivity index (χ2n) is 6.41. The number of allylic oxidation sites excluding steroid dienone is 1. The number of halogens is 5. The molecule has 162 valence electrons. The highest BCUT2D eigenvalue weighted by molar-refractivity contribution is 7.99. The normalized spacial score (nSPS) is 12.2. The molecule has 4 nitrogen and oxygen atoms in total. The number of nitrogen functional groups attached to an aromatic ring is 1. The van der Waals surface area contributed by atoms with Crippen LogP contribution in [0.3, 0.4) is 0 Å². The van der Waals surface area contributed by atoms with Gasteiger partial charge in [0.05, 0.1) is 11.3 Å². The molecule has 3 N–H and O–H groups in total. The second kappa shape index (κ2) is 8.84. The van der Waals surface area contributed by atoms with Crippen LogP contribution in [0.4, 0.5) is 27.8 Å². The van der Waals surface area contributed by atoms with E-state index in [0.717, 1.165) is 28.6 Å². The van der Waals surface area contributed by atoms with Gasteiger partial charge in [-0.2, -0.15) is 23.0 Å². The average Bonchev–Trinajstić information content (AvgIpc) is 3.10. The number of rotatable bonds is 6. The molecule has 0 unspecified atom stereocenters. The van der Waals surface area contributed by atoms with Crippen molar-refractivity contribution >= 4 is 23.5 Å². The lowest BCUT2D eigenvalue weighted by atomic mass is 10.0.